The number of ether oxygens (including phenoxy) is 1. The van der Waals surface area contributed by atoms with Gasteiger partial charge in [-0.25, -0.2) is 8.42 Å². The van der Waals surface area contributed by atoms with Crippen LogP contribution in [0.4, 0.5) is 11.4 Å². The Bertz CT molecular complexity index is 1220. The van der Waals surface area contributed by atoms with Crippen LogP contribution in [0.1, 0.15) is 25.0 Å². The van der Waals surface area contributed by atoms with Crippen molar-refractivity contribution in [3.05, 3.63) is 81.8 Å². The zero-order valence-corrected chi connectivity index (χ0v) is 20.5. The number of carbonyl (C=O) groups is 1. The summed E-state index contributed by atoms with van der Waals surface area (Å²) in [4.78, 5) is 12.5. The Hall–Kier alpha value is -2.74. The quantitative estimate of drug-likeness (QED) is 0.376. The van der Waals surface area contributed by atoms with Crippen molar-refractivity contribution in [2.24, 2.45) is 0 Å². The van der Waals surface area contributed by atoms with Crippen molar-refractivity contribution >= 4 is 50.5 Å². The number of anilines is 2. The number of sulfonamides is 1. The molecule has 0 aliphatic carbocycles. The van der Waals surface area contributed by atoms with Gasteiger partial charge in [0.2, 0.25) is 0 Å². The Balaban J connectivity index is 1.67. The Morgan fingerprint density at radius 2 is 1.58 bits per heavy atom. The first-order valence-electron chi connectivity index (χ1n) is 10.3. The predicted molar refractivity (Wildman–Crippen MR) is 133 cm³/mol. The molecule has 0 fully saturated rings. The standard InChI is InChI=1S/C24H24Cl2N2O4S/c1-3-16-6-5-7-17(4-2)24(16)27-23(29)15-32-22-13-12-20(14-21(22)26)33(30,31)28-19-10-8-18(25)9-11-19/h5-14,28H,3-4,15H2,1-2H3,(H,27,29). The molecule has 3 rings (SSSR count). The van der Waals surface area contributed by atoms with Crippen LogP contribution < -0.4 is 14.8 Å². The summed E-state index contributed by atoms with van der Waals surface area (Å²) >= 11 is 12.1. The summed E-state index contributed by atoms with van der Waals surface area (Å²) in [7, 11) is -3.87. The molecule has 3 aromatic carbocycles. The molecule has 33 heavy (non-hydrogen) atoms. The smallest absolute Gasteiger partial charge is 0.262 e. The van der Waals surface area contributed by atoms with Gasteiger partial charge in [0.1, 0.15) is 5.75 Å². The van der Waals surface area contributed by atoms with Crippen LogP contribution in [0.15, 0.2) is 65.6 Å². The zero-order valence-electron chi connectivity index (χ0n) is 18.2. The molecule has 0 aromatic heterocycles. The third kappa shape index (κ3) is 6.41. The summed E-state index contributed by atoms with van der Waals surface area (Å²) in [6.07, 6.45) is 1.58. The van der Waals surface area contributed by atoms with Crippen molar-refractivity contribution in [3.63, 3.8) is 0 Å². The summed E-state index contributed by atoms with van der Waals surface area (Å²) < 4.78 is 33.3. The lowest BCUT2D eigenvalue weighted by atomic mass is 10.0. The molecule has 0 aliphatic rings. The molecule has 0 bridgehead atoms. The van der Waals surface area contributed by atoms with E-state index in [9.17, 15) is 13.2 Å². The van der Waals surface area contributed by atoms with Gasteiger partial charge in [0, 0.05) is 16.4 Å². The maximum Gasteiger partial charge on any atom is 0.262 e. The van der Waals surface area contributed by atoms with E-state index in [1.54, 1.807) is 24.3 Å². The number of hydrogen-bond acceptors (Lipinski definition) is 4. The highest BCUT2D eigenvalue weighted by Crippen LogP contribution is 2.29. The maximum absolute atomic E-state index is 12.6. The average molecular weight is 507 g/mol. The van der Waals surface area contributed by atoms with Gasteiger partial charge < -0.3 is 10.1 Å². The lowest BCUT2D eigenvalue weighted by Crippen LogP contribution is -2.22. The molecule has 0 atom stereocenters. The van der Waals surface area contributed by atoms with E-state index in [-0.39, 0.29) is 28.2 Å². The van der Waals surface area contributed by atoms with Gasteiger partial charge in [0.15, 0.2) is 6.61 Å². The second-order valence-electron chi connectivity index (χ2n) is 7.20. The molecule has 0 spiro atoms. The number of aryl methyl sites for hydroxylation is 2. The SMILES string of the molecule is CCc1cccc(CC)c1NC(=O)COc1ccc(S(=O)(=O)Nc2ccc(Cl)cc2)cc1Cl. The van der Waals surface area contributed by atoms with E-state index in [4.69, 9.17) is 27.9 Å². The number of amides is 1. The molecule has 9 heteroatoms. The third-order valence-corrected chi connectivity index (χ3v) is 6.86. The molecule has 3 aromatic rings. The van der Waals surface area contributed by atoms with E-state index in [1.807, 2.05) is 32.0 Å². The number of benzene rings is 3. The number of hydrogen-bond donors (Lipinski definition) is 2. The monoisotopic (exact) mass is 506 g/mol. The van der Waals surface area contributed by atoms with Gasteiger partial charge in [-0.3, -0.25) is 9.52 Å². The van der Waals surface area contributed by atoms with Gasteiger partial charge in [0.25, 0.3) is 15.9 Å². The topological polar surface area (TPSA) is 84.5 Å². The molecule has 1 amide bonds. The van der Waals surface area contributed by atoms with Gasteiger partial charge in [0.05, 0.1) is 9.92 Å². The molecular formula is C24H24Cl2N2O4S. The molecular weight excluding hydrogens is 483 g/mol. The zero-order chi connectivity index (χ0) is 24.0. The Labute approximate surface area is 203 Å². The van der Waals surface area contributed by atoms with E-state index in [0.717, 1.165) is 29.7 Å². The lowest BCUT2D eigenvalue weighted by Gasteiger charge is -2.15. The van der Waals surface area contributed by atoms with Crippen LogP contribution in [0.2, 0.25) is 10.0 Å². The fourth-order valence-electron chi connectivity index (χ4n) is 3.22. The van der Waals surface area contributed by atoms with Crippen LogP contribution in [0.25, 0.3) is 0 Å². The first-order chi connectivity index (χ1) is 15.7. The van der Waals surface area contributed by atoms with E-state index in [0.29, 0.717) is 10.7 Å². The van der Waals surface area contributed by atoms with E-state index < -0.39 is 10.0 Å². The largest absolute Gasteiger partial charge is 0.482 e. The number of para-hydroxylation sites is 1. The van der Waals surface area contributed by atoms with Crippen LogP contribution >= 0.6 is 23.2 Å². The fourth-order valence-corrected chi connectivity index (χ4v) is 4.73. The first kappa shape index (κ1) is 24.9. The highest BCUT2D eigenvalue weighted by molar-refractivity contribution is 7.92. The lowest BCUT2D eigenvalue weighted by molar-refractivity contribution is -0.118. The van der Waals surface area contributed by atoms with Gasteiger partial charge in [-0.1, -0.05) is 55.2 Å². The molecule has 2 N–H and O–H groups in total. The van der Waals surface area contributed by atoms with Crippen molar-refractivity contribution < 1.29 is 17.9 Å². The van der Waals surface area contributed by atoms with Crippen molar-refractivity contribution in [1.82, 2.24) is 0 Å². The second kappa shape index (κ2) is 10.9. The van der Waals surface area contributed by atoms with Gasteiger partial charge in [-0.05, 0) is 66.4 Å². The van der Waals surface area contributed by atoms with Crippen LogP contribution in [0.3, 0.4) is 0 Å². The third-order valence-electron chi connectivity index (χ3n) is 4.93. The predicted octanol–water partition coefficient (Wildman–Crippen LogP) is 5.94. The Morgan fingerprint density at radius 3 is 2.15 bits per heavy atom. The van der Waals surface area contributed by atoms with E-state index >= 15 is 0 Å². The molecule has 6 nitrogen and oxygen atoms in total. The number of rotatable bonds is 9. The molecule has 0 radical (unpaired) electrons. The summed E-state index contributed by atoms with van der Waals surface area (Å²) in [5.74, 6) is -0.125. The molecule has 0 unspecified atom stereocenters. The Kier molecular flexibility index (Phi) is 8.24. The van der Waals surface area contributed by atoms with Crippen LogP contribution in [-0.4, -0.2) is 20.9 Å². The normalized spacial score (nSPS) is 11.2. The Morgan fingerprint density at radius 1 is 0.939 bits per heavy atom. The minimum Gasteiger partial charge on any atom is -0.482 e. The van der Waals surface area contributed by atoms with Crippen molar-refractivity contribution in [2.75, 3.05) is 16.6 Å². The number of carbonyl (C=O) groups excluding carboxylic acids is 1. The van der Waals surface area contributed by atoms with Crippen molar-refractivity contribution in [1.29, 1.82) is 0 Å². The van der Waals surface area contributed by atoms with Crippen LogP contribution in [0, 0.1) is 0 Å². The molecule has 0 aliphatic heterocycles. The highest BCUT2D eigenvalue weighted by atomic mass is 35.5. The van der Waals surface area contributed by atoms with Gasteiger partial charge >= 0.3 is 0 Å². The highest BCUT2D eigenvalue weighted by Gasteiger charge is 2.17. The fraction of sp³-hybridized carbons (Fsp3) is 0.208. The van der Waals surface area contributed by atoms with E-state index in [2.05, 4.69) is 10.0 Å². The van der Waals surface area contributed by atoms with E-state index in [1.165, 1.54) is 18.2 Å². The minimum atomic E-state index is -3.87. The summed E-state index contributed by atoms with van der Waals surface area (Å²) in [6, 6.07) is 16.2. The average Bonchev–Trinajstić information content (AvgIpc) is 2.79. The van der Waals surface area contributed by atoms with Crippen LogP contribution in [0.5, 0.6) is 5.75 Å². The first-order valence-corrected chi connectivity index (χ1v) is 12.6. The van der Waals surface area contributed by atoms with Gasteiger partial charge in [-0.15, -0.1) is 0 Å². The minimum absolute atomic E-state index is 0.0382. The van der Waals surface area contributed by atoms with Crippen LogP contribution in [-0.2, 0) is 27.7 Å². The summed E-state index contributed by atoms with van der Waals surface area (Å²) in [5.41, 5.74) is 3.26. The maximum atomic E-state index is 12.6. The molecule has 0 saturated carbocycles. The number of nitrogens with one attached hydrogen (secondary N) is 2. The summed E-state index contributed by atoms with van der Waals surface area (Å²) in [5, 5.41) is 3.49. The molecule has 0 heterocycles. The molecule has 0 saturated heterocycles. The number of halogens is 2. The van der Waals surface area contributed by atoms with Crippen molar-refractivity contribution in [2.45, 2.75) is 31.6 Å². The van der Waals surface area contributed by atoms with Crippen molar-refractivity contribution in [3.8, 4) is 5.75 Å². The summed E-state index contributed by atoms with van der Waals surface area (Å²) in [6.45, 7) is 3.78. The second-order valence-corrected chi connectivity index (χ2v) is 9.73. The molecule has 174 valence electrons. The van der Waals surface area contributed by atoms with Gasteiger partial charge in [-0.2, -0.15) is 0 Å².